The molecule has 2 amide bonds. The van der Waals surface area contributed by atoms with E-state index in [1.165, 1.54) is 0 Å². The zero-order valence-electron chi connectivity index (χ0n) is 14.2. The molecule has 0 bridgehead atoms. The molecule has 1 atom stereocenters. The van der Waals surface area contributed by atoms with Crippen molar-refractivity contribution in [3.05, 3.63) is 41.4 Å². The third-order valence-corrected chi connectivity index (χ3v) is 5.30. The van der Waals surface area contributed by atoms with Crippen LogP contribution in [-0.4, -0.2) is 54.0 Å². The fraction of sp³-hybridized carbons (Fsp3) is 0.444. The first-order chi connectivity index (χ1) is 11.6. The predicted octanol–water partition coefficient (Wildman–Crippen LogP) is 3.05. The predicted molar refractivity (Wildman–Crippen MR) is 98.1 cm³/mol. The van der Waals surface area contributed by atoms with Gasteiger partial charge >= 0.3 is 6.03 Å². The summed E-state index contributed by atoms with van der Waals surface area (Å²) in [7, 11) is 3.94. The second-order valence-electron chi connectivity index (χ2n) is 6.40. The van der Waals surface area contributed by atoms with Gasteiger partial charge in [-0.05, 0) is 26.4 Å². The number of hydrogen-bond donors (Lipinski definition) is 1. The fourth-order valence-electron chi connectivity index (χ4n) is 2.97. The molecule has 0 spiro atoms. The quantitative estimate of drug-likeness (QED) is 0.927. The Bertz CT molecular complexity index is 673. The van der Waals surface area contributed by atoms with Gasteiger partial charge in [-0.25, -0.2) is 9.78 Å². The Morgan fingerprint density at radius 2 is 2.21 bits per heavy atom. The molecule has 1 aromatic heterocycles. The Morgan fingerprint density at radius 3 is 2.96 bits per heavy atom. The second-order valence-corrected chi connectivity index (χ2v) is 7.52. The van der Waals surface area contributed by atoms with Gasteiger partial charge in [-0.2, -0.15) is 0 Å². The van der Waals surface area contributed by atoms with Crippen molar-refractivity contribution in [3.63, 3.8) is 0 Å². The third kappa shape index (κ3) is 4.33. The van der Waals surface area contributed by atoms with Gasteiger partial charge in [0.2, 0.25) is 0 Å². The first kappa shape index (κ1) is 16.9. The average Bonchev–Trinajstić information content (AvgIpc) is 3.04. The van der Waals surface area contributed by atoms with Crippen molar-refractivity contribution < 1.29 is 4.79 Å². The van der Waals surface area contributed by atoms with Crippen LogP contribution in [0.1, 0.15) is 17.7 Å². The fourth-order valence-corrected chi connectivity index (χ4v) is 3.94. The van der Waals surface area contributed by atoms with Crippen molar-refractivity contribution in [2.45, 2.75) is 25.4 Å². The number of likely N-dealkylation sites (N-methyl/N-ethyl adjacent to an activating group) is 1. The van der Waals surface area contributed by atoms with Gasteiger partial charge in [-0.3, -0.25) is 0 Å². The number of amides is 2. The molecule has 1 aliphatic rings. The maximum atomic E-state index is 12.4. The van der Waals surface area contributed by atoms with Gasteiger partial charge in [0.05, 0.1) is 6.54 Å². The minimum Gasteiger partial charge on any atom is -0.334 e. The summed E-state index contributed by atoms with van der Waals surface area (Å²) in [5.41, 5.74) is 1.12. The zero-order chi connectivity index (χ0) is 16.9. The maximum absolute atomic E-state index is 12.4. The molecule has 0 radical (unpaired) electrons. The SMILES string of the molecule is CN1CCC[C@@H](NC(=O)N(C)Cc2cnc(-c3ccccc3)s2)C1. The van der Waals surface area contributed by atoms with E-state index in [4.69, 9.17) is 0 Å². The number of carbonyl (C=O) groups excluding carboxylic acids is 1. The van der Waals surface area contributed by atoms with Crippen LogP contribution in [0.4, 0.5) is 4.79 Å². The lowest BCUT2D eigenvalue weighted by atomic mass is 10.1. The van der Waals surface area contributed by atoms with Crippen molar-refractivity contribution >= 4 is 17.4 Å². The van der Waals surface area contributed by atoms with Gasteiger partial charge in [0.15, 0.2) is 0 Å². The van der Waals surface area contributed by atoms with Crippen LogP contribution in [0.2, 0.25) is 0 Å². The smallest absolute Gasteiger partial charge is 0.317 e. The molecule has 1 saturated heterocycles. The van der Waals surface area contributed by atoms with E-state index >= 15 is 0 Å². The van der Waals surface area contributed by atoms with Crippen LogP contribution < -0.4 is 5.32 Å². The molecular formula is C18H24N4OS. The lowest BCUT2D eigenvalue weighted by Crippen LogP contribution is -2.49. The molecular weight excluding hydrogens is 320 g/mol. The Labute approximate surface area is 147 Å². The van der Waals surface area contributed by atoms with Crippen LogP contribution >= 0.6 is 11.3 Å². The Hall–Kier alpha value is -1.92. The van der Waals surface area contributed by atoms with Gasteiger partial charge in [0, 0.05) is 36.3 Å². The van der Waals surface area contributed by atoms with E-state index in [1.54, 1.807) is 16.2 Å². The van der Waals surface area contributed by atoms with Crippen molar-refractivity contribution in [2.75, 3.05) is 27.2 Å². The number of piperidine rings is 1. The summed E-state index contributed by atoms with van der Waals surface area (Å²) >= 11 is 1.64. The molecule has 6 heteroatoms. The molecule has 0 saturated carbocycles. The van der Waals surface area contributed by atoms with Gasteiger partial charge in [-0.1, -0.05) is 30.3 Å². The van der Waals surface area contributed by atoms with E-state index in [1.807, 2.05) is 31.4 Å². The summed E-state index contributed by atoms with van der Waals surface area (Å²) in [4.78, 5) is 21.9. The highest BCUT2D eigenvalue weighted by molar-refractivity contribution is 7.15. The first-order valence-corrected chi connectivity index (χ1v) is 9.14. The number of aromatic nitrogens is 1. The molecule has 24 heavy (non-hydrogen) atoms. The number of likely N-dealkylation sites (tertiary alicyclic amines) is 1. The highest BCUT2D eigenvalue weighted by Gasteiger charge is 2.20. The van der Waals surface area contributed by atoms with Gasteiger partial charge in [0.25, 0.3) is 0 Å². The lowest BCUT2D eigenvalue weighted by molar-refractivity contribution is 0.185. The summed E-state index contributed by atoms with van der Waals surface area (Å²) in [6.45, 7) is 2.63. The molecule has 128 valence electrons. The molecule has 1 aliphatic heterocycles. The van der Waals surface area contributed by atoms with Crippen LogP contribution in [0, 0.1) is 0 Å². The van der Waals surface area contributed by atoms with Crippen LogP contribution in [0.25, 0.3) is 10.6 Å². The van der Waals surface area contributed by atoms with Crippen molar-refractivity contribution in [1.82, 2.24) is 20.1 Å². The molecule has 1 fully saturated rings. The normalized spacial score (nSPS) is 18.3. The second kappa shape index (κ2) is 7.77. The van der Waals surface area contributed by atoms with Crippen molar-refractivity contribution in [2.24, 2.45) is 0 Å². The van der Waals surface area contributed by atoms with E-state index in [9.17, 15) is 4.79 Å². The summed E-state index contributed by atoms with van der Waals surface area (Å²) in [6, 6.07) is 10.4. The number of rotatable bonds is 4. The Morgan fingerprint density at radius 1 is 1.42 bits per heavy atom. The largest absolute Gasteiger partial charge is 0.334 e. The highest BCUT2D eigenvalue weighted by atomic mass is 32.1. The van der Waals surface area contributed by atoms with Gasteiger partial charge < -0.3 is 15.1 Å². The Balaban J connectivity index is 1.55. The zero-order valence-corrected chi connectivity index (χ0v) is 15.1. The number of nitrogens with zero attached hydrogens (tertiary/aromatic N) is 3. The Kier molecular flexibility index (Phi) is 5.48. The molecule has 5 nitrogen and oxygen atoms in total. The molecule has 0 unspecified atom stereocenters. The lowest BCUT2D eigenvalue weighted by Gasteiger charge is -2.31. The summed E-state index contributed by atoms with van der Waals surface area (Å²) in [6.07, 6.45) is 4.06. The number of nitrogens with one attached hydrogen (secondary N) is 1. The van der Waals surface area contributed by atoms with Crippen LogP contribution in [0.5, 0.6) is 0 Å². The van der Waals surface area contributed by atoms with Crippen LogP contribution in [0.3, 0.4) is 0 Å². The number of carbonyl (C=O) groups is 1. The monoisotopic (exact) mass is 344 g/mol. The van der Waals surface area contributed by atoms with Crippen LogP contribution in [0.15, 0.2) is 36.5 Å². The summed E-state index contributed by atoms with van der Waals surface area (Å²) < 4.78 is 0. The van der Waals surface area contributed by atoms with Crippen molar-refractivity contribution in [3.8, 4) is 10.6 Å². The van der Waals surface area contributed by atoms with Gasteiger partial charge in [-0.15, -0.1) is 11.3 Å². The minimum atomic E-state index is -0.00930. The van der Waals surface area contributed by atoms with E-state index in [-0.39, 0.29) is 12.1 Å². The molecule has 1 N–H and O–H groups in total. The van der Waals surface area contributed by atoms with E-state index < -0.39 is 0 Å². The number of hydrogen-bond acceptors (Lipinski definition) is 4. The van der Waals surface area contributed by atoms with E-state index in [0.29, 0.717) is 6.54 Å². The van der Waals surface area contributed by atoms with E-state index in [2.05, 4.69) is 34.4 Å². The summed E-state index contributed by atoms with van der Waals surface area (Å²) in [5.74, 6) is 0. The number of thiazole rings is 1. The maximum Gasteiger partial charge on any atom is 0.317 e. The average molecular weight is 344 g/mol. The topological polar surface area (TPSA) is 48.5 Å². The third-order valence-electron chi connectivity index (χ3n) is 4.27. The standard InChI is InChI=1S/C18H24N4OS/c1-21-10-6-9-15(12-21)20-18(23)22(2)13-16-11-19-17(24-16)14-7-4-3-5-8-14/h3-5,7-8,11,15H,6,9-10,12-13H2,1-2H3,(H,20,23)/t15-/m1/s1. The number of benzene rings is 1. The number of urea groups is 1. The minimum absolute atomic E-state index is 0.00930. The molecule has 3 rings (SSSR count). The van der Waals surface area contributed by atoms with Crippen molar-refractivity contribution in [1.29, 1.82) is 0 Å². The van der Waals surface area contributed by atoms with Crippen LogP contribution in [-0.2, 0) is 6.54 Å². The molecule has 2 heterocycles. The molecule has 2 aromatic rings. The first-order valence-electron chi connectivity index (χ1n) is 8.32. The summed E-state index contributed by atoms with van der Waals surface area (Å²) in [5, 5.41) is 4.13. The van der Waals surface area contributed by atoms with E-state index in [0.717, 1.165) is 41.4 Å². The molecule has 1 aromatic carbocycles. The molecule has 0 aliphatic carbocycles. The highest BCUT2D eigenvalue weighted by Crippen LogP contribution is 2.25. The van der Waals surface area contributed by atoms with Gasteiger partial charge in [0.1, 0.15) is 5.01 Å².